The molecule has 0 N–H and O–H groups in total. The smallest absolute Gasteiger partial charge is 0.257 e. The quantitative estimate of drug-likeness (QED) is 0.165. The standard InChI is InChI=1S/C71H85BN2O/c1-42-34-58-62-59(35-42)74(57-40-53-51(68(12,13)30-32-70(53,16)17)38-47(57)43-20-22-44(23-21-43)64(2,3)4)56-27-24-45(65(5,6)7)36-55(56)72(62)61-48-39-52-54(71(18,19)33-31-69(52,14)15)41-60(48)75-63(61)73(58)46-25-26-49-50(37-46)67(10,11)29-28-66(49,8)9/h20-27,34-41H,28-33H2,1-19H3. The molecule has 0 saturated heterocycles. The predicted octanol–water partition coefficient (Wildman–Crippen LogP) is 18.1. The molecule has 3 heterocycles. The SMILES string of the molecule is Cc1cc2c3c(c1)N(c1ccc4c(c1)C(C)(C)CCC4(C)C)c1oc4cc5c(cc4c1B3c1cc(C(C)(C)C)ccc1N2c1cc2c(cc1-c1ccc(C(C)(C)C)cc1)C(C)(C)CCC2(C)C)C(C)(C)CCC5(C)C. The van der Waals surface area contributed by atoms with Crippen molar-refractivity contribution in [3.8, 4) is 11.1 Å². The summed E-state index contributed by atoms with van der Waals surface area (Å²) >= 11 is 0. The van der Waals surface area contributed by atoms with E-state index in [1.54, 1.807) is 0 Å². The molecule has 7 aromatic rings. The van der Waals surface area contributed by atoms with Gasteiger partial charge < -0.3 is 9.32 Å². The monoisotopic (exact) mass is 993 g/mol. The van der Waals surface area contributed by atoms with Gasteiger partial charge >= 0.3 is 0 Å². The van der Waals surface area contributed by atoms with E-state index in [2.05, 4.69) is 238 Å². The molecule has 3 aliphatic carbocycles. The van der Waals surface area contributed by atoms with E-state index in [9.17, 15) is 0 Å². The zero-order valence-corrected chi connectivity index (χ0v) is 49.4. The highest BCUT2D eigenvalue weighted by molar-refractivity contribution is 7.01. The minimum absolute atomic E-state index is 0.00911. The van der Waals surface area contributed by atoms with Gasteiger partial charge in [-0.05, 0) is 210 Å². The Morgan fingerprint density at radius 1 is 0.427 bits per heavy atom. The lowest BCUT2D eigenvalue weighted by Gasteiger charge is -2.46. The molecule has 0 saturated carbocycles. The molecule has 0 bridgehead atoms. The summed E-state index contributed by atoms with van der Waals surface area (Å²) in [6, 6.07) is 39.8. The van der Waals surface area contributed by atoms with Crippen LogP contribution in [0.15, 0.2) is 101 Å². The van der Waals surface area contributed by atoms with Crippen LogP contribution in [0.2, 0.25) is 0 Å². The van der Waals surface area contributed by atoms with E-state index in [1.807, 2.05) is 0 Å². The van der Waals surface area contributed by atoms with Gasteiger partial charge in [0.25, 0.3) is 6.71 Å². The third-order valence-corrected chi connectivity index (χ3v) is 20.0. The van der Waals surface area contributed by atoms with Crippen molar-refractivity contribution in [2.75, 3.05) is 9.80 Å². The fourth-order valence-corrected chi connectivity index (χ4v) is 14.6. The minimum Gasteiger partial charge on any atom is -0.440 e. The van der Waals surface area contributed by atoms with Crippen LogP contribution < -0.4 is 26.2 Å². The number of hydrogen-bond donors (Lipinski definition) is 0. The largest absolute Gasteiger partial charge is 0.440 e. The van der Waals surface area contributed by atoms with Crippen LogP contribution in [0.5, 0.6) is 0 Å². The molecule has 75 heavy (non-hydrogen) atoms. The summed E-state index contributed by atoms with van der Waals surface area (Å²) in [5.41, 5.74) is 26.7. The van der Waals surface area contributed by atoms with Gasteiger partial charge in [-0.25, -0.2) is 0 Å². The van der Waals surface area contributed by atoms with Gasteiger partial charge in [0.2, 0.25) is 5.88 Å². The van der Waals surface area contributed by atoms with Gasteiger partial charge in [-0.2, -0.15) is 0 Å². The molecule has 12 rings (SSSR count). The first kappa shape index (κ1) is 50.3. The molecule has 0 amide bonds. The average molecular weight is 993 g/mol. The van der Waals surface area contributed by atoms with Gasteiger partial charge in [-0.3, -0.25) is 4.90 Å². The van der Waals surface area contributed by atoms with Crippen LogP contribution >= 0.6 is 0 Å². The number of fused-ring (bicyclic) bond motifs is 9. The number of benzene rings is 6. The van der Waals surface area contributed by atoms with E-state index in [-0.39, 0.29) is 50.0 Å². The van der Waals surface area contributed by atoms with Crippen LogP contribution in [0.4, 0.5) is 34.3 Å². The summed E-state index contributed by atoms with van der Waals surface area (Å²) < 4.78 is 7.67. The number of rotatable bonds is 3. The summed E-state index contributed by atoms with van der Waals surface area (Å²) in [6.45, 7) is 45.9. The second kappa shape index (κ2) is 15.8. The van der Waals surface area contributed by atoms with Gasteiger partial charge in [0.1, 0.15) is 5.58 Å². The minimum atomic E-state index is -0.0788. The van der Waals surface area contributed by atoms with Gasteiger partial charge in [-0.1, -0.05) is 167 Å². The Kier molecular flexibility index (Phi) is 10.6. The number of hydrogen-bond acceptors (Lipinski definition) is 3. The Balaban J connectivity index is 1.22. The fraction of sp³-hybridized carbons (Fsp3) is 0.465. The maximum Gasteiger partial charge on any atom is 0.257 e. The number of aryl methyl sites for hydroxylation is 1. The zero-order valence-electron chi connectivity index (χ0n) is 49.4. The van der Waals surface area contributed by atoms with Crippen LogP contribution in [0, 0.1) is 6.92 Å². The highest BCUT2D eigenvalue weighted by Gasteiger charge is 2.49. The maximum atomic E-state index is 7.67. The number of anilines is 6. The Morgan fingerprint density at radius 3 is 1.47 bits per heavy atom. The van der Waals surface area contributed by atoms with E-state index in [0.717, 1.165) is 43.6 Å². The Labute approximate surface area is 452 Å². The van der Waals surface area contributed by atoms with Crippen molar-refractivity contribution in [1.82, 2.24) is 0 Å². The van der Waals surface area contributed by atoms with Gasteiger partial charge in [0.15, 0.2) is 0 Å². The third kappa shape index (κ3) is 7.62. The molecule has 5 aliphatic rings. The van der Waals surface area contributed by atoms with Crippen molar-refractivity contribution in [3.63, 3.8) is 0 Å². The maximum absolute atomic E-state index is 7.67. The van der Waals surface area contributed by atoms with Crippen LogP contribution in [-0.4, -0.2) is 6.71 Å². The number of furan rings is 1. The lowest BCUT2D eigenvalue weighted by Crippen LogP contribution is -2.61. The zero-order chi connectivity index (χ0) is 53.7. The van der Waals surface area contributed by atoms with Crippen molar-refractivity contribution < 1.29 is 4.42 Å². The molecule has 6 aromatic carbocycles. The highest BCUT2D eigenvalue weighted by Crippen LogP contribution is 2.56. The lowest BCUT2D eigenvalue weighted by molar-refractivity contribution is 0.332. The van der Waals surface area contributed by atoms with E-state index in [1.165, 1.54) is 118 Å². The van der Waals surface area contributed by atoms with Gasteiger partial charge in [0.05, 0.1) is 5.69 Å². The van der Waals surface area contributed by atoms with E-state index in [4.69, 9.17) is 4.42 Å². The van der Waals surface area contributed by atoms with Crippen molar-refractivity contribution in [2.45, 2.75) is 213 Å². The number of nitrogens with zero attached hydrogens (tertiary/aromatic N) is 2. The summed E-state index contributed by atoms with van der Waals surface area (Å²) in [7, 11) is 0. The normalized spacial score (nSPS) is 20.2. The predicted molar refractivity (Wildman–Crippen MR) is 324 cm³/mol. The molecule has 0 fully saturated rings. The van der Waals surface area contributed by atoms with Gasteiger partial charge in [0, 0.05) is 39.2 Å². The fourth-order valence-electron chi connectivity index (χ4n) is 14.6. The van der Waals surface area contributed by atoms with Crippen LogP contribution in [-0.2, 0) is 43.3 Å². The molecule has 2 aliphatic heterocycles. The Morgan fingerprint density at radius 2 is 0.907 bits per heavy atom. The highest BCUT2D eigenvalue weighted by atomic mass is 16.4. The van der Waals surface area contributed by atoms with Crippen molar-refractivity contribution >= 4 is 68.4 Å². The molecule has 0 atom stereocenters. The topological polar surface area (TPSA) is 19.6 Å². The molecular weight excluding hydrogens is 908 g/mol. The van der Waals surface area contributed by atoms with Crippen LogP contribution in [0.1, 0.15) is 213 Å². The first-order valence-electron chi connectivity index (χ1n) is 28.7. The summed E-state index contributed by atoms with van der Waals surface area (Å²) in [5.74, 6) is 0.961. The van der Waals surface area contributed by atoms with Crippen molar-refractivity contribution in [3.05, 3.63) is 147 Å². The average Bonchev–Trinajstić information content (AvgIpc) is 3.75. The first-order chi connectivity index (χ1) is 34.8. The molecule has 388 valence electrons. The van der Waals surface area contributed by atoms with E-state index in [0.29, 0.717) is 0 Å². The summed E-state index contributed by atoms with van der Waals surface area (Å²) in [5, 5.41) is 1.25. The first-order valence-corrected chi connectivity index (χ1v) is 28.7. The van der Waals surface area contributed by atoms with Crippen LogP contribution in [0.25, 0.3) is 22.1 Å². The lowest BCUT2D eigenvalue weighted by atomic mass is 9.33. The Hall–Kier alpha value is -5.48. The summed E-state index contributed by atoms with van der Waals surface area (Å²) in [4.78, 5) is 5.28. The van der Waals surface area contributed by atoms with Gasteiger partial charge in [-0.15, -0.1) is 0 Å². The molecule has 1 aromatic heterocycles. The van der Waals surface area contributed by atoms with Crippen LogP contribution in [0.3, 0.4) is 0 Å². The van der Waals surface area contributed by atoms with Crippen molar-refractivity contribution in [2.24, 2.45) is 0 Å². The molecular formula is C71H85BN2O. The van der Waals surface area contributed by atoms with E-state index >= 15 is 0 Å². The van der Waals surface area contributed by atoms with Crippen molar-refractivity contribution in [1.29, 1.82) is 0 Å². The Bertz CT molecular complexity index is 3540. The molecule has 4 heteroatoms. The second-order valence-electron chi connectivity index (χ2n) is 30.3. The molecule has 0 spiro atoms. The molecule has 0 radical (unpaired) electrons. The van der Waals surface area contributed by atoms with E-state index < -0.39 is 0 Å². The third-order valence-electron chi connectivity index (χ3n) is 20.0. The molecule has 3 nitrogen and oxygen atoms in total. The second-order valence-corrected chi connectivity index (χ2v) is 30.3. The summed E-state index contributed by atoms with van der Waals surface area (Å²) in [6.07, 6.45) is 6.96. The molecule has 0 unspecified atom stereocenters.